The molecule has 1 aliphatic heterocycles. The van der Waals surface area contributed by atoms with Gasteiger partial charge in [-0.1, -0.05) is 18.2 Å². The van der Waals surface area contributed by atoms with E-state index in [-0.39, 0.29) is 23.9 Å². The van der Waals surface area contributed by atoms with Crippen molar-refractivity contribution in [1.82, 2.24) is 9.21 Å². The second kappa shape index (κ2) is 8.06. The zero-order chi connectivity index (χ0) is 19.4. The number of halogens is 1. The Balaban J connectivity index is 1.56. The number of aryl methyl sites for hydroxylation is 1. The summed E-state index contributed by atoms with van der Waals surface area (Å²) in [6, 6.07) is 12.2. The molecule has 2 aromatic carbocycles. The molecule has 0 radical (unpaired) electrons. The van der Waals surface area contributed by atoms with Crippen LogP contribution in [0.2, 0.25) is 0 Å². The van der Waals surface area contributed by atoms with E-state index in [2.05, 4.69) is 0 Å². The van der Waals surface area contributed by atoms with Crippen molar-refractivity contribution in [2.45, 2.75) is 17.7 Å². The zero-order valence-electron chi connectivity index (χ0n) is 14.8. The van der Waals surface area contributed by atoms with Crippen molar-refractivity contribution < 1.29 is 17.6 Å². The van der Waals surface area contributed by atoms with Gasteiger partial charge >= 0.3 is 0 Å². The maximum absolute atomic E-state index is 13.0. The molecular weight excluding hydrogens is 369 g/mol. The lowest BCUT2D eigenvalue weighted by molar-refractivity contribution is -0.132. The van der Waals surface area contributed by atoms with Gasteiger partial charge in [-0.05, 0) is 42.3 Å². The standard InChI is InChI=1S/C19H22FN3O3S/c20-16-6-8-17(9-7-16)27(25,26)23-13-11-22(12-14-23)19(24)10-5-15-3-1-2-4-18(15)21/h1-4,6-9H,5,10-14,21H2. The van der Waals surface area contributed by atoms with E-state index in [1.165, 1.54) is 16.4 Å². The molecule has 0 atom stereocenters. The fourth-order valence-electron chi connectivity index (χ4n) is 3.10. The first kappa shape index (κ1) is 19.3. The number of hydrogen-bond acceptors (Lipinski definition) is 4. The SMILES string of the molecule is Nc1ccccc1CCC(=O)N1CCN(S(=O)(=O)c2ccc(F)cc2)CC1. The van der Waals surface area contributed by atoms with E-state index < -0.39 is 15.8 Å². The number of para-hydroxylation sites is 1. The Morgan fingerprint density at radius 1 is 1.00 bits per heavy atom. The van der Waals surface area contributed by atoms with E-state index in [0.717, 1.165) is 17.7 Å². The first-order valence-corrected chi connectivity index (χ1v) is 10.2. The minimum absolute atomic E-state index is 0.0166. The molecular formula is C19H22FN3O3S. The van der Waals surface area contributed by atoms with E-state index in [9.17, 15) is 17.6 Å². The molecule has 1 heterocycles. The lowest BCUT2D eigenvalue weighted by Gasteiger charge is -2.34. The van der Waals surface area contributed by atoms with E-state index in [1.807, 2.05) is 18.2 Å². The predicted octanol–water partition coefficient (Wildman–Crippen LogP) is 1.87. The second-order valence-corrected chi connectivity index (χ2v) is 8.38. The van der Waals surface area contributed by atoms with Crippen LogP contribution >= 0.6 is 0 Å². The van der Waals surface area contributed by atoms with Crippen LogP contribution in [-0.2, 0) is 21.2 Å². The van der Waals surface area contributed by atoms with Crippen LogP contribution in [0.5, 0.6) is 0 Å². The highest BCUT2D eigenvalue weighted by Gasteiger charge is 2.29. The molecule has 0 aromatic heterocycles. The Kier molecular flexibility index (Phi) is 5.76. The van der Waals surface area contributed by atoms with Crippen LogP contribution in [0.25, 0.3) is 0 Å². The highest BCUT2D eigenvalue weighted by atomic mass is 32.2. The van der Waals surface area contributed by atoms with Crippen molar-refractivity contribution in [3.05, 3.63) is 59.9 Å². The number of nitrogens with two attached hydrogens (primary N) is 1. The summed E-state index contributed by atoms with van der Waals surface area (Å²) in [7, 11) is -3.68. The number of carbonyl (C=O) groups excluding carboxylic acids is 1. The maximum Gasteiger partial charge on any atom is 0.243 e. The lowest BCUT2D eigenvalue weighted by atomic mass is 10.1. The van der Waals surface area contributed by atoms with Crippen LogP contribution in [-0.4, -0.2) is 49.7 Å². The number of benzene rings is 2. The number of amides is 1. The summed E-state index contributed by atoms with van der Waals surface area (Å²) in [6.45, 7) is 1.12. The molecule has 2 N–H and O–H groups in total. The number of rotatable bonds is 5. The van der Waals surface area contributed by atoms with Gasteiger partial charge in [0, 0.05) is 38.3 Å². The van der Waals surface area contributed by atoms with Gasteiger partial charge in [-0.15, -0.1) is 0 Å². The highest BCUT2D eigenvalue weighted by molar-refractivity contribution is 7.89. The van der Waals surface area contributed by atoms with Crippen molar-refractivity contribution in [3.8, 4) is 0 Å². The van der Waals surface area contributed by atoms with Gasteiger partial charge in [-0.3, -0.25) is 4.79 Å². The number of nitrogens with zero attached hydrogens (tertiary/aromatic N) is 2. The fourth-order valence-corrected chi connectivity index (χ4v) is 4.52. The lowest BCUT2D eigenvalue weighted by Crippen LogP contribution is -2.50. The smallest absolute Gasteiger partial charge is 0.243 e. The zero-order valence-corrected chi connectivity index (χ0v) is 15.7. The van der Waals surface area contributed by atoms with Crippen molar-refractivity contribution in [2.75, 3.05) is 31.9 Å². The van der Waals surface area contributed by atoms with Gasteiger partial charge in [-0.2, -0.15) is 4.31 Å². The average molecular weight is 391 g/mol. The van der Waals surface area contributed by atoms with E-state index >= 15 is 0 Å². The van der Waals surface area contributed by atoms with E-state index in [1.54, 1.807) is 11.0 Å². The number of piperazine rings is 1. The topological polar surface area (TPSA) is 83.7 Å². The normalized spacial score (nSPS) is 15.7. The molecule has 2 aromatic rings. The van der Waals surface area contributed by atoms with Crippen LogP contribution in [0.1, 0.15) is 12.0 Å². The molecule has 0 unspecified atom stereocenters. The second-order valence-electron chi connectivity index (χ2n) is 6.44. The van der Waals surface area contributed by atoms with Gasteiger partial charge in [0.15, 0.2) is 0 Å². The molecule has 27 heavy (non-hydrogen) atoms. The molecule has 1 amide bonds. The molecule has 1 fully saturated rings. The molecule has 8 heteroatoms. The van der Waals surface area contributed by atoms with Crippen molar-refractivity contribution in [1.29, 1.82) is 0 Å². The highest BCUT2D eigenvalue weighted by Crippen LogP contribution is 2.19. The maximum atomic E-state index is 13.0. The van der Waals surface area contributed by atoms with Gasteiger partial charge in [-0.25, -0.2) is 12.8 Å². The number of anilines is 1. The van der Waals surface area contributed by atoms with E-state index in [0.29, 0.717) is 31.6 Å². The third-order valence-electron chi connectivity index (χ3n) is 4.71. The van der Waals surface area contributed by atoms with Crippen molar-refractivity contribution in [3.63, 3.8) is 0 Å². The van der Waals surface area contributed by atoms with Gasteiger partial charge < -0.3 is 10.6 Å². The van der Waals surface area contributed by atoms with Gasteiger partial charge in [0.1, 0.15) is 5.82 Å². The largest absolute Gasteiger partial charge is 0.399 e. The van der Waals surface area contributed by atoms with Crippen LogP contribution in [0, 0.1) is 5.82 Å². The summed E-state index contributed by atoms with van der Waals surface area (Å²) in [4.78, 5) is 14.2. The summed E-state index contributed by atoms with van der Waals surface area (Å²) in [6.07, 6.45) is 0.887. The minimum atomic E-state index is -3.68. The Labute approximate surface area is 158 Å². The summed E-state index contributed by atoms with van der Waals surface area (Å²) in [5.41, 5.74) is 7.49. The van der Waals surface area contributed by atoms with Gasteiger partial charge in [0.25, 0.3) is 0 Å². The average Bonchev–Trinajstić information content (AvgIpc) is 2.67. The monoisotopic (exact) mass is 391 g/mol. The Morgan fingerprint density at radius 2 is 1.63 bits per heavy atom. The third kappa shape index (κ3) is 4.45. The molecule has 144 valence electrons. The number of carbonyl (C=O) groups is 1. The van der Waals surface area contributed by atoms with Crippen LogP contribution in [0.3, 0.4) is 0 Å². The van der Waals surface area contributed by atoms with E-state index in [4.69, 9.17) is 5.73 Å². The van der Waals surface area contributed by atoms with Crippen LogP contribution < -0.4 is 5.73 Å². The molecule has 0 aliphatic carbocycles. The van der Waals surface area contributed by atoms with Gasteiger partial charge in [0.2, 0.25) is 15.9 Å². The van der Waals surface area contributed by atoms with Crippen molar-refractivity contribution >= 4 is 21.6 Å². The summed E-state index contributed by atoms with van der Waals surface area (Å²) in [5, 5.41) is 0. The number of sulfonamides is 1. The van der Waals surface area contributed by atoms with Crippen LogP contribution in [0.15, 0.2) is 53.4 Å². The Hall–Kier alpha value is -2.45. The molecule has 0 bridgehead atoms. The summed E-state index contributed by atoms with van der Waals surface area (Å²) in [5.74, 6) is -0.500. The van der Waals surface area contributed by atoms with Gasteiger partial charge in [0.05, 0.1) is 4.90 Å². The Bertz CT molecular complexity index is 908. The number of hydrogen-bond donors (Lipinski definition) is 1. The van der Waals surface area contributed by atoms with Crippen molar-refractivity contribution in [2.24, 2.45) is 0 Å². The predicted molar refractivity (Wildman–Crippen MR) is 101 cm³/mol. The molecule has 6 nitrogen and oxygen atoms in total. The molecule has 0 saturated carbocycles. The molecule has 1 aliphatic rings. The molecule has 0 spiro atoms. The molecule has 3 rings (SSSR count). The Morgan fingerprint density at radius 3 is 2.26 bits per heavy atom. The third-order valence-corrected chi connectivity index (χ3v) is 6.62. The number of nitrogen functional groups attached to an aromatic ring is 1. The quantitative estimate of drug-likeness (QED) is 0.789. The first-order chi connectivity index (χ1) is 12.9. The van der Waals surface area contributed by atoms with Crippen LogP contribution in [0.4, 0.5) is 10.1 Å². The fraction of sp³-hybridized carbons (Fsp3) is 0.316. The molecule has 1 saturated heterocycles. The minimum Gasteiger partial charge on any atom is -0.399 e. The summed E-state index contributed by atoms with van der Waals surface area (Å²) >= 11 is 0. The first-order valence-electron chi connectivity index (χ1n) is 8.75. The summed E-state index contributed by atoms with van der Waals surface area (Å²) < 4.78 is 39.6.